The third kappa shape index (κ3) is 2.94. The van der Waals surface area contributed by atoms with Gasteiger partial charge in [0.15, 0.2) is 0 Å². The van der Waals surface area contributed by atoms with Crippen molar-refractivity contribution in [3.8, 4) is 0 Å². The molecule has 118 valence electrons. The molecule has 3 atom stereocenters. The SMILES string of the molecule is CC1CCN(S(=O)(=O)c2cc(Cl)c(Br)s2)C2CCCCC12. The van der Waals surface area contributed by atoms with E-state index < -0.39 is 10.0 Å². The normalized spacial score (nSPS) is 31.1. The van der Waals surface area contributed by atoms with Crippen LogP contribution in [0, 0.1) is 11.8 Å². The van der Waals surface area contributed by atoms with Crippen LogP contribution in [-0.2, 0) is 10.0 Å². The molecule has 2 aliphatic rings. The van der Waals surface area contributed by atoms with E-state index in [0.29, 0.717) is 31.4 Å². The molecule has 1 aromatic rings. The van der Waals surface area contributed by atoms with Crippen LogP contribution in [0.25, 0.3) is 0 Å². The quantitative estimate of drug-likeness (QED) is 0.702. The monoisotopic (exact) mass is 411 g/mol. The minimum Gasteiger partial charge on any atom is -0.206 e. The topological polar surface area (TPSA) is 37.4 Å². The van der Waals surface area contributed by atoms with Crippen molar-refractivity contribution in [2.24, 2.45) is 11.8 Å². The first-order valence-electron chi connectivity index (χ1n) is 7.38. The second-order valence-electron chi connectivity index (χ2n) is 6.08. The lowest BCUT2D eigenvalue weighted by Crippen LogP contribution is -2.52. The Bertz CT molecular complexity index is 611. The molecule has 21 heavy (non-hydrogen) atoms. The van der Waals surface area contributed by atoms with E-state index in [4.69, 9.17) is 11.6 Å². The highest BCUT2D eigenvalue weighted by Crippen LogP contribution is 2.43. The molecule has 3 unspecified atom stereocenters. The molecular weight excluding hydrogens is 394 g/mol. The molecule has 0 bridgehead atoms. The molecule has 0 spiro atoms. The summed E-state index contributed by atoms with van der Waals surface area (Å²) in [4.78, 5) is 0. The lowest BCUT2D eigenvalue weighted by molar-refractivity contribution is 0.0828. The molecule has 0 amide bonds. The third-order valence-electron chi connectivity index (χ3n) is 4.87. The summed E-state index contributed by atoms with van der Waals surface area (Å²) >= 11 is 10.5. The van der Waals surface area contributed by atoms with E-state index in [0.717, 1.165) is 25.7 Å². The van der Waals surface area contributed by atoms with Gasteiger partial charge in [-0.3, -0.25) is 0 Å². The fourth-order valence-corrected chi connectivity index (χ4v) is 7.98. The molecule has 1 aliphatic heterocycles. The van der Waals surface area contributed by atoms with Gasteiger partial charge in [0.05, 0.1) is 8.81 Å². The maximum Gasteiger partial charge on any atom is 0.252 e. The molecular formula is C14H19BrClNO2S2. The molecule has 0 aromatic carbocycles. The predicted molar refractivity (Wildman–Crippen MR) is 90.4 cm³/mol. The Morgan fingerprint density at radius 1 is 1.33 bits per heavy atom. The Morgan fingerprint density at radius 2 is 2.05 bits per heavy atom. The fraction of sp³-hybridized carbons (Fsp3) is 0.714. The van der Waals surface area contributed by atoms with E-state index in [1.54, 1.807) is 10.4 Å². The predicted octanol–water partition coefficient (Wildman–Crippen LogP) is 4.75. The summed E-state index contributed by atoms with van der Waals surface area (Å²) in [5.41, 5.74) is 0. The summed E-state index contributed by atoms with van der Waals surface area (Å²) < 4.78 is 28.7. The zero-order valence-electron chi connectivity index (χ0n) is 11.9. The van der Waals surface area contributed by atoms with Crippen molar-refractivity contribution in [3.05, 3.63) is 14.9 Å². The number of fused-ring (bicyclic) bond motifs is 1. The summed E-state index contributed by atoms with van der Waals surface area (Å²) in [7, 11) is -3.42. The molecule has 0 N–H and O–H groups in total. The van der Waals surface area contributed by atoms with E-state index in [-0.39, 0.29) is 6.04 Å². The van der Waals surface area contributed by atoms with Crippen molar-refractivity contribution in [1.29, 1.82) is 0 Å². The fourth-order valence-electron chi connectivity index (χ4n) is 3.74. The zero-order chi connectivity index (χ0) is 15.2. The highest BCUT2D eigenvalue weighted by atomic mass is 79.9. The second kappa shape index (κ2) is 6.11. The number of halogens is 2. The largest absolute Gasteiger partial charge is 0.252 e. The summed E-state index contributed by atoms with van der Waals surface area (Å²) in [6.45, 7) is 2.91. The zero-order valence-corrected chi connectivity index (χ0v) is 15.9. The van der Waals surface area contributed by atoms with Gasteiger partial charge in [-0.05, 0) is 53.1 Å². The Balaban J connectivity index is 1.94. The molecule has 2 heterocycles. The van der Waals surface area contributed by atoms with Crippen LogP contribution >= 0.6 is 38.9 Å². The molecule has 1 saturated heterocycles. The van der Waals surface area contributed by atoms with Crippen LogP contribution in [0.1, 0.15) is 39.0 Å². The molecule has 7 heteroatoms. The number of sulfonamides is 1. The summed E-state index contributed by atoms with van der Waals surface area (Å²) in [5.74, 6) is 1.14. The van der Waals surface area contributed by atoms with E-state index in [9.17, 15) is 8.42 Å². The maximum atomic E-state index is 13.0. The number of rotatable bonds is 2. The molecule has 2 fully saturated rings. The Kier molecular flexibility index (Phi) is 4.73. The lowest BCUT2D eigenvalue weighted by atomic mass is 9.74. The summed E-state index contributed by atoms with van der Waals surface area (Å²) in [6.07, 6.45) is 5.48. The molecule has 3 rings (SSSR count). The van der Waals surface area contributed by atoms with Gasteiger partial charge < -0.3 is 0 Å². The minimum absolute atomic E-state index is 0.173. The summed E-state index contributed by atoms with van der Waals surface area (Å²) in [5, 5.41) is 0.476. The van der Waals surface area contributed by atoms with Gasteiger partial charge in [-0.2, -0.15) is 4.31 Å². The van der Waals surface area contributed by atoms with E-state index >= 15 is 0 Å². The maximum absolute atomic E-state index is 13.0. The van der Waals surface area contributed by atoms with Crippen LogP contribution in [0.2, 0.25) is 5.02 Å². The lowest BCUT2D eigenvalue weighted by Gasteiger charge is -2.46. The van der Waals surface area contributed by atoms with Gasteiger partial charge in [-0.25, -0.2) is 8.42 Å². The molecule has 1 saturated carbocycles. The third-order valence-corrected chi connectivity index (χ3v) is 9.72. The molecule has 1 aromatic heterocycles. The smallest absolute Gasteiger partial charge is 0.206 e. The second-order valence-corrected chi connectivity index (χ2v) is 11.0. The average Bonchev–Trinajstić information content (AvgIpc) is 2.80. The van der Waals surface area contributed by atoms with Crippen LogP contribution in [0.5, 0.6) is 0 Å². The molecule has 0 radical (unpaired) electrons. The van der Waals surface area contributed by atoms with E-state index in [2.05, 4.69) is 22.9 Å². The van der Waals surface area contributed by atoms with Crippen molar-refractivity contribution < 1.29 is 8.42 Å². The number of piperidine rings is 1. The first-order valence-corrected chi connectivity index (χ1v) is 10.8. The van der Waals surface area contributed by atoms with E-state index in [1.807, 2.05) is 0 Å². The van der Waals surface area contributed by atoms with Gasteiger partial charge in [0.2, 0.25) is 0 Å². The molecule has 1 aliphatic carbocycles. The highest BCUT2D eigenvalue weighted by molar-refractivity contribution is 9.11. The summed E-state index contributed by atoms with van der Waals surface area (Å²) in [6, 6.07) is 1.74. The number of thiophene rings is 1. The van der Waals surface area contributed by atoms with E-state index in [1.165, 1.54) is 17.8 Å². The number of hydrogen-bond donors (Lipinski definition) is 0. The van der Waals surface area contributed by atoms with Crippen LogP contribution in [-0.4, -0.2) is 25.3 Å². The van der Waals surface area contributed by atoms with Gasteiger partial charge in [-0.15, -0.1) is 11.3 Å². The van der Waals surface area contributed by atoms with Crippen LogP contribution in [0.4, 0.5) is 0 Å². The van der Waals surface area contributed by atoms with Gasteiger partial charge in [0.25, 0.3) is 10.0 Å². The Hall–Kier alpha value is 0.380. The number of hydrogen-bond acceptors (Lipinski definition) is 3. The first-order chi connectivity index (χ1) is 9.91. The van der Waals surface area contributed by atoms with Gasteiger partial charge in [0.1, 0.15) is 4.21 Å². The van der Waals surface area contributed by atoms with Crippen molar-refractivity contribution in [2.75, 3.05) is 6.54 Å². The van der Waals surface area contributed by atoms with Gasteiger partial charge in [0, 0.05) is 12.6 Å². The first kappa shape index (κ1) is 16.2. The Labute approximate surface area is 143 Å². The highest BCUT2D eigenvalue weighted by Gasteiger charge is 2.43. The van der Waals surface area contributed by atoms with Crippen molar-refractivity contribution in [3.63, 3.8) is 0 Å². The van der Waals surface area contributed by atoms with Crippen LogP contribution in [0.15, 0.2) is 14.1 Å². The average molecular weight is 413 g/mol. The van der Waals surface area contributed by atoms with Crippen molar-refractivity contribution >= 4 is 48.9 Å². The molecule has 3 nitrogen and oxygen atoms in total. The van der Waals surface area contributed by atoms with Gasteiger partial charge >= 0.3 is 0 Å². The number of nitrogens with zero attached hydrogens (tertiary/aromatic N) is 1. The standard InChI is InChI=1S/C14H19BrClNO2S2/c1-9-6-7-17(12-5-3-2-4-10(9)12)21(18,19)13-8-11(16)14(15)20-13/h8-10,12H,2-7H2,1H3. The van der Waals surface area contributed by atoms with Crippen LogP contribution in [0.3, 0.4) is 0 Å². The van der Waals surface area contributed by atoms with Crippen molar-refractivity contribution in [2.45, 2.75) is 49.3 Å². The van der Waals surface area contributed by atoms with Crippen LogP contribution < -0.4 is 0 Å². The van der Waals surface area contributed by atoms with Crippen molar-refractivity contribution in [1.82, 2.24) is 4.31 Å². The Morgan fingerprint density at radius 3 is 2.71 bits per heavy atom. The van der Waals surface area contributed by atoms with Gasteiger partial charge in [-0.1, -0.05) is 31.4 Å². The minimum atomic E-state index is -3.42.